The maximum Gasteiger partial charge on any atom is 0.206 e. The molecule has 6 aromatic rings. The third-order valence-corrected chi connectivity index (χ3v) is 7.13. The van der Waals surface area contributed by atoms with Crippen LogP contribution in [0.2, 0.25) is 0 Å². The third-order valence-electron chi connectivity index (χ3n) is 7.13. The van der Waals surface area contributed by atoms with E-state index in [-0.39, 0.29) is 38.2 Å². The van der Waals surface area contributed by atoms with Crippen molar-refractivity contribution in [1.82, 2.24) is 9.97 Å². The fraction of sp³-hybridized carbons (Fsp3) is 0. The summed E-state index contributed by atoms with van der Waals surface area (Å²) >= 11 is 0. The molecule has 3 heterocycles. The Morgan fingerprint density at radius 1 is 0.681 bits per heavy atom. The Kier molecular flexibility index (Phi) is 5.86. The van der Waals surface area contributed by atoms with Gasteiger partial charge in [0.1, 0.15) is 17.7 Å². The minimum atomic E-state index is -0.596. The van der Waals surface area contributed by atoms with Crippen molar-refractivity contribution in [2.75, 3.05) is 0 Å². The van der Waals surface area contributed by atoms with Gasteiger partial charge in [0.25, 0.3) is 0 Å². The lowest BCUT2D eigenvalue weighted by atomic mass is 9.96. The summed E-state index contributed by atoms with van der Waals surface area (Å²) in [4.78, 5) is 15.5. The Morgan fingerprint density at radius 2 is 1.17 bits per heavy atom. The van der Waals surface area contributed by atoms with Gasteiger partial charge in [0, 0.05) is 41.7 Å². The maximum atomic E-state index is 10.3. The average Bonchev–Trinajstić information content (AvgIpc) is 3.65. The summed E-state index contributed by atoms with van der Waals surface area (Å²) < 4.78 is 40.3. The topological polar surface area (TPSA) is 190 Å². The Bertz CT molecular complexity index is 2840. The first kappa shape index (κ1) is 24.2. The number of rotatable bonds is 2. The van der Waals surface area contributed by atoms with Crippen molar-refractivity contribution in [1.29, 1.82) is 31.6 Å². The van der Waals surface area contributed by atoms with E-state index in [1.54, 1.807) is 30.3 Å². The van der Waals surface area contributed by atoms with Crippen LogP contribution in [-0.4, -0.2) is 9.97 Å². The van der Waals surface area contributed by atoms with Crippen molar-refractivity contribution in [3.63, 3.8) is 0 Å². The number of benzene rings is 3. The van der Waals surface area contributed by atoms with Gasteiger partial charge in [-0.25, -0.2) is 9.69 Å². The minimum absolute atomic E-state index is 0.0629. The van der Waals surface area contributed by atoms with Gasteiger partial charge < -0.3 is 4.42 Å². The molecular weight excluding hydrogens is 588 g/mol. The summed E-state index contributed by atoms with van der Waals surface area (Å²) in [6.45, 7) is 15.0. The molecule has 0 unspecified atom stereocenters. The van der Waals surface area contributed by atoms with Crippen molar-refractivity contribution >= 4 is 55.3 Å². The molecule has 0 bridgehead atoms. The fourth-order valence-corrected chi connectivity index (χ4v) is 5.06. The summed E-state index contributed by atoms with van der Waals surface area (Å²) in [5.41, 5.74) is -3.20. The molecule has 0 amide bonds. The molecule has 47 heavy (non-hydrogen) atoms. The van der Waals surface area contributed by atoms with Crippen LogP contribution in [-0.2, 0) is 0 Å². The first-order chi connectivity index (χ1) is 24.6. The molecule has 6 rings (SSSR count). The molecule has 0 N–H and O–H groups in total. The van der Waals surface area contributed by atoms with E-state index in [0.29, 0.717) is 27.3 Å². The highest BCUT2D eigenvalue weighted by atomic mass is 16.3. The smallest absolute Gasteiger partial charge is 0.206 e. The summed E-state index contributed by atoms with van der Waals surface area (Å²) in [5, 5.41) is 60.6. The molecule has 11 heteroatoms. The standard InChI is InChI=1S/C36H10N10O/c1-43-32-9-19(5-21(11-37)30(32)15-41)28(13-39)23-7-26-27-8-24(18-46-35(27)36-25(3-4-47-36)34(26)45-17-23)29(14-40)20-6-22(12-38)31(16-42)33(10-20)44-2/h3-10,17-18H/b28-23-,29-24-/i5D,6D,9D,10D. The van der Waals surface area contributed by atoms with Gasteiger partial charge in [0.15, 0.2) is 5.58 Å². The predicted molar refractivity (Wildman–Crippen MR) is 167 cm³/mol. The Balaban J connectivity index is 1.81. The molecule has 210 valence electrons. The zero-order chi connectivity index (χ0) is 36.7. The van der Waals surface area contributed by atoms with Gasteiger partial charge in [-0.3, -0.25) is 9.97 Å². The molecule has 0 aliphatic carbocycles. The summed E-state index contributed by atoms with van der Waals surface area (Å²) in [7, 11) is 0. The van der Waals surface area contributed by atoms with E-state index in [0.717, 1.165) is 0 Å². The average molecular weight is 603 g/mol. The van der Waals surface area contributed by atoms with E-state index >= 15 is 0 Å². The molecule has 3 aromatic carbocycles. The Morgan fingerprint density at radius 3 is 1.62 bits per heavy atom. The normalized spacial score (nSPS) is 12.7. The second kappa shape index (κ2) is 11.4. The fourth-order valence-electron chi connectivity index (χ4n) is 5.06. The molecule has 0 fully saturated rings. The van der Waals surface area contributed by atoms with Crippen molar-refractivity contribution in [2.24, 2.45) is 0 Å². The molecule has 0 atom stereocenters. The van der Waals surface area contributed by atoms with Crippen LogP contribution in [0.15, 0.2) is 65.4 Å². The molecule has 3 aromatic heterocycles. The van der Waals surface area contributed by atoms with E-state index < -0.39 is 57.8 Å². The number of nitriles is 6. The molecule has 0 saturated heterocycles. The molecule has 0 aliphatic heterocycles. The molecule has 0 saturated carbocycles. The number of pyridine rings is 2. The summed E-state index contributed by atoms with van der Waals surface area (Å²) in [5.74, 6) is 0. The summed E-state index contributed by atoms with van der Waals surface area (Å²) in [6, 6.07) is 13.0. The Labute approximate surface area is 270 Å². The van der Waals surface area contributed by atoms with Crippen LogP contribution in [0.1, 0.15) is 38.9 Å². The Hall–Kier alpha value is -8.32. The molecule has 11 nitrogen and oxygen atoms in total. The number of hydrogen-bond acceptors (Lipinski definition) is 9. The highest BCUT2D eigenvalue weighted by molar-refractivity contribution is 6.21. The van der Waals surface area contributed by atoms with Crippen LogP contribution < -0.4 is 10.4 Å². The van der Waals surface area contributed by atoms with Crippen LogP contribution in [0.4, 0.5) is 11.4 Å². The highest BCUT2D eigenvalue weighted by Crippen LogP contribution is 2.33. The number of nitrogens with zero attached hydrogens (tertiary/aromatic N) is 10. The van der Waals surface area contributed by atoms with Gasteiger partial charge in [0.2, 0.25) is 11.4 Å². The van der Waals surface area contributed by atoms with Crippen LogP contribution in [0.25, 0.3) is 53.6 Å². The number of hydrogen-bond donors (Lipinski definition) is 0. The third kappa shape index (κ3) is 4.46. The van der Waals surface area contributed by atoms with Crippen molar-refractivity contribution in [3.8, 4) is 36.4 Å². The van der Waals surface area contributed by atoms with Gasteiger partial charge in [-0.05, 0) is 53.5 Å². The zero-order valence-corrected chi connectivity index (χ0v) is 23.3. The van der Waals surface area contributed by atoms with E-state index in [1.807, 2.05) is 12.1 Å². The van der Waals surface area contributed by atoms with Crippen LogP contribution in [0.3, 0.4) is 0 Å². The lowest BCUT2D eigenvalue weighted by Gasteiger charge is -2.08. The quantitative estimate of drug-likeness (QED) is 0.180. The lowest BCUT2D eigenvalue weighted by Crippen LogP contribution is -2.10. The van der Waals surface area contributed by atoms with Crippen LogP contribution in [0.5, 0.6) is 0 Å². The van der Waals surface area contributed by atoms with Crippen molar-refractivity contribution in [2.45, 2.75) is 0 Å². The second-order valence-electron chi connectivity index (χ2n) is 9.50. The highest BCUT2D eigenvalue weighted by Gasteiger charge is 2.18. The van der Waals surface area contributed by atoms with Crippen molar-refractivity contribution in [3.05, 3.63) is 128 Å². The second-order valence-corrected chi connectivity index (χ2v) is 9.50. The SMILES string of the molecule is [2H]c1c(C#N)c(C#N)c([N+]#[C-])c([2H])c1/C(C#N)=c1\cnc2c(c1)c1c/c(=C(\C#N)c3c([2H])c(C#N)c(C#N)c([N+]#[C-])c3[2H])cnc1c1occc21. The molecule has 0 aliphatic rings. The van der Waals surface area contributed by atoms with Gasteiger partial charge in [-0.1, -0.05) is 0 Å². The number of furan rings is 1. The number of aromatic nitrogens is 2. The largest absolute Gasteiger partial charge is 0.462 e. The van der Waals surface area contributed by atoms with Gasteiger partial charge in [-0.15, -0.1) is 0 Å². The molecule has 0 radical (unpaired) electrons. The number of fused-ring (bicyclic) bond motifs is 6. The minimum Gasteiger partial charge on any atom is -0.462 e. The predicted octanol–water partition coefficient (Wildman–Crippen LogP) is 5.56. The van der Waals surface area contributed by atoms with Gasteiger partial charge in [-0.2, -0.15) is 31.6 Å². The van der Waals surface area contributed by atoms with Crippen LogP contribution in [0, 0.1) is 81.1 Å². The van der Waals surface area contributed by atoms with Crippen molar-refractivity contribution < 1.29 is 9.90 Å². The first-order valence-corrected chi connectivity index (χ1v) is 13.0. The van der Waals surface area contributed by atoms with E-state index in [1.165, 1.54) is 30.8 Å². The van der Waals surface area contributed by atoms with Gasteiger partial charge in [0.05, 0.1) is 85.3 Å². The maximum absolute atomic E-state index is 10.3. The summed E-state index contributed by atoms with van der Waals surface area (Å²) in [6.07, 6.45) is 3.99. The van der Waals surface area contributed by atoms with Crippen LogP contribution >= 0.6 is 0 Å². The monoisotopic (exact) mass is 602 g/mol. The first-order valence-electron chi connectivity index (χ1n) is 15.0. The van der Waals surface area contributed by atoms with E-state index in [9.17, 15) is 31.6 Å². The van der Waals surface area contributed by atoms with E-state index in [2.05, 4.69) is 19.7 Å². The lowest BCUT2D eigenvalue weighted by molar-refractivity contribution is 0.618. The molecule has 0 spiro atoms. The van der Waals surface area contributed by atoms with Gasteiger partial charge >= 0.3 is 0 Å². The zero-order valence-electron chi connectivity index (χ0n) is 27.3. The molecular formula is C36H10N10O. The van der Waals surface area contributed by atoms with E-state index in [4.69, 9.17) is 23.0 Å².